The normalized spacial score (nSPS) is 20.7. The molecular formula is C15H27N3O8S. The van der Waals surface area contributed by atoms with Gasteiger partial charge in [-0.3, -0.25) is 9.59 Å². The molecule has 0 aromatic rings. The molecule has 0 heterocycles. The number of ether oxygens (including phenoxy) is 1. The highest BCUT2D eigenvalue weighted by Gasteiger charge is 2.36. The van der Waals surface area contributed by atoms with Crippen LogP contribution in [0.2, 0.25) is 0 Å². The fourth-order valence-electron chi connectivity index (χ4n) is 2.60. The zero-order valence-electron chi connectivity index (χ0n) is 15.7. The Morgan fingerprint density at radius 2 is 1.67 bits per heavy atom. The number of urea groups is 1. The Balaban J connectivity index is 2.72. The van der Waals surface area contributed by atoms with Gasteiger partial charge in [-0.15, -0.1) is 4.28 Å². The summed E-state index contributed by atoms with van der Waals surface area (Å²) >= 11 is 0. The van der Waals surface area contributed by atoms with Crippen molar-refractivity contribution in [1.29, 1.82) is 0 Å². The number of esters is 1. The van der Waals surface area contributed by atoms with E-state index in [1.807, 2.05) is 0 Å². The van der Waals surface area contributed by atoms with Gasteiger partial charge in [0.2, 0.25) is 5.91 Å². The summed E-state index contributed by atoms with van der Waals surface area (Å²) in [7, 11) is -4.66. The van der Waals surface area contributed by atoms with E-state index in [2.05, 4.69) is 0 Å². The Morgan fingerprint density at radius 1 is 1.11 bits per heavy atom. The average molecular weight is 409 g/mol. The quantitative estimate of drug-likeness (QED) is 0.402. The first-order valence-corrected chi connectivity index (χ1v) is 9.87. The third-order valence-electron chi connectivity index (χ3n) is 4.21. The third-order valence-corrected chi connectivity index (χ3v) is 4.96. The number of hydroxylamine groups is 2. The number of rotatable bonds is 9. The zero-order valence-corrected chi connectivity index (χ0v) is 16.5. The lowest BCUT2D eigenvalue weighted by molar-refractivity contribution is -0.155. The van der Waals surface area contributed by atoms with Crippen molar-refractivity contribution < 1.29 is 36.0 Å². The van der Waals surface area contributed by atoms with Crippen molar-refractivity contribution in [2.45, 2.75) is 52.5 Å². The van der Waals surface area contributed by atoms with Gasteiger partial charge >= 0.3 is 22.4 Å². The number of carbonyl (C=O) groups excluding carboxylic acids is 3. The first kappa shape index (κ1) is 23.1. The molecule has 4 N–H and O–H groups in total. The fraction of sp³-hybridized carbons (Fsp3) is 0.800. The third kappa shape index (κ3) is 6.96. The predicted octanol–water partition coefficient (Wildman–Crippen LogP) is 0.194. The maximum absolute atomic E-state index is 12.1. The molecule has 11 nitrogen and oxygen atoms in total. The molecule has 0 aromatic heterocycles. The minimum atomic E-state index is -4.66. The summed E-state index contributed by atoms with van der Waals surface area (Å²) in [6, 6.07) is -1.76. The van der Waals surface area contributed by atoms with E-state index >= 15 is 0 Å². The number of hydrogen-bond acceptors (Lipinski definition) is 8. The Kier molecular flexibility index (Phi) is 7.99. The van der Waals surface area contributed by atoms with E-state index in [1.54, 1.807) is 6.92 Å². The minimum absolute atomic E-state index is 0.134. The second kappa shape index (κ2) is 9.33. The second-order valence-corrected chi connectivity index (χ2v) is 8.12. The predicted molar refractivity (Wildman–Crippen MR) is 92.7 cm³/mol. The molecule has 1 fully saturated rings. The highest BCUT2D eigenvalue weighted by Crippen LogP contribution is 2.28. The van der Waals surface area contributed by atoms with Crippen molar-refractivity contribution in [3.63, 3.8) is 0 Å². The molecule has 0 aromatic carbocycles. The molecule has 1 rings (SSSR count). The molecule has 0 bridgehead atoms. The molecule has 1 saturated carbocycles. The van der Waals surface area contributed by atoms with Crippen LogP contribution in [0.25, 0.3) is 0 Å². The molecule has 156 valence electrons. The monoisotopic (exact) mass is 409 g/mol. The summed E-state index contributed by atoms with van der Waals surface area (Å²) in [4.78, 5) is 34.6. The number of nitrogens with two attached hydrogens (primary N) is 2. The molecule has 0 saturated heterocycles. The molecule has 0 spiro atoms. The van der Waals surface area contributed by atoms with Crippen LogP contribution in [-0.2, 0) is 33.2 Å². The van der Waals surface area contributed by atoms with Crippen LogP contribution < -0.4 is 11.5 Å². The van der Waals surface area contributed by atoms with Crippen molar-refractivity contribution in [3.8, 4) is 0 Å². The molecule has 0 unspecified atom stereocenters. The Hall–Kier alpha value is -1.92. The maximum atomic E-state index is 12.1. The lowest BCUT2D eigenvalue weighted by Gasteiger charge is -2.33. The van der Waals surface area contributed by atoms with Crippen LogP contribution in [0.4, 0.5) is 4.79 Å². The van der Waals surface area contributed by atoms with E-state index in [0.29, 0.717) is 30.7 Å². The summed E-state index contributed by atoms with van der Waals surface area (Å²) < 4.78 is 38.4. The Labute approximate surface area is 158 Å². The van der Waals surface area contributed by atoms with Crippen molar-refractivity contribution >= 4 is 28.3 Å². The first-order valence-electron chi connectivity index (χ1n) is 8.53. The van der Waals surface area contributed by atoms with Gasteiger partial charge in [0, 0.05) is 5.92 Å². The second-order valence-electron chi connectivity index (χ2n) is 6.92. The maximum Gasteiger partial charge on any atom is 0.421 e. The zero-order chi connectivity index (χ0) is 20.8. The van der Waals surface area contributed by atoms with Crippen LogP contribution in [0.5, 0.6) is 0 Å². The topological polar surface area (TPSA) is 168 Å². The molecule has 0 aliphatic heterocycles. The lowest BCUT2D eigenvalue weighted by atomic mass is 9.85. The Morgan fingerprint density at radius 3 is 2.11 bits per heavy atom. The van der Waals surface area contributed by atoms with Crippen molar-refractivity contribution in [3.05, 3.63) is 0 Å². The van der Waals surface area contributed by atoms with Gasteiger partial charge in [0.1, 0.15) is 0 Å². The van der Waals surface area contributed by atoms with Crippen LogP contribution in [0, 0.1) is 11.3 Å². The van der Waals surface area contributed by atoms with Gasteiger partial charge in [-0.1, -0.05) is 0 Å². The number of primary amides is 2. The van der Waals surface area contributed by atoms with Gasteiger partial charge in [0.15, 0.2) is 0 Å². The van der Waals surface area contributed by atoms with E-state index in [9.17, 15) is 22.8 Å². The standard InChI is InChI=1S/C15H27N3O8S/c1-4-24-13(20)15(2,3)9-25-27(22,23)26-18(14(17)21)11-7-5-10(6-8-11)12(16)19/h10-11H,4-9H2,1-3H3,(H2,16,19)(H2,17,21)/t10-,11-. The SMILES string of the molecule is CCOC(=O)C(C)(C)COS(=O)(=O)ON(C(N)=O)[C@H]1CC[C@H](C(N)=O)CC1. The lowest BCUT2D eigenvalue weighted by Crippen LogP contribution is -2.47. The molecule has 12 heteroatoms. The minimum Gasteiger partial charge on any atom is -0.466 e. The molecule has 1 aliphatic rings. The van der Waals surface area contributed by atoms with Crippen LogP contribution in [0.1, 0.15) is 46.5 Å². The number of carbonyl (C=O) groups is 3. The van der Waals surface area contributed by atoms with Gasteiger partial charge in [-0.05, 0) is 46.5 Å². The average Bonchev–Trinajstić information content (AvgIpc) is 2.58. The van der Waals surface area contributed by atoms with E-state index in [4.69, 9.17) is 24.7 Å². The van der Waals surface area contributed by atoms with Gasteiger partial charge in [-0.2, -0.15) is 13.5 Å². The van der Waals surface area contributed by atoms with Crippen LogP contribution in [0.3, 0.4) is 0 Å². The highest BCUT2D eigenvalue weighted by atomic mass is 32.3. The van der Waals surface area contributed by atoms with Crippen LogP contribution in [-0.4, -0.2) is 50.6 Å². The first-order chi connectivity index (χ1) is 12.4. The van der Waals surface area contributed by atoms with Crippen molar-refractivity contribution in [2.24, 2.45) is 22.8 Å². The van der Waals surface area contributed by atoms with Crippen LogP contribution in [0.15, 0.2) is 0 Å². The van der Waals surface area contributed by atoms with E-state index < -0.39 is 46.4 Å². The fourth-order valence-corrected chi connectivity index (χ4v) is 3.47. The largest absolute Gasteiger partial charge is 0.466 e. The number of amides is 3. The van der Waals surface area contributed by atoms with Gasteiger partial charge in [0.25, 0.3) is 0 Å². The molecule has 27 heavy (non-hydrogen) atoms. The summed E-state index contributed by atoms with van der Waals surface area (Å²) in [5.74, 6) is -1.43. The van der Waals surface area contributed by atoms with E-state index in [0.717, 1.165) is 0 Å². The molecule has 0 atom stereocenters. The van der Waals surface area contributed by atoms with E-state index in [-0.39, 0.29) is 12.5 Å². The van der Waals surface area contributed by atoms with Crippen LogP contribution >= 0.6 is 0 Å². The molecular weight excluding hydrogens is 382 g/mol. The van der Waals surface area contributed by atoms with Crippen molar-refractivity contribution in [1.82, 2.24) is 5.06 Å². The van der Waals surface area contributed by atoms with Gasteiger partial charge in [0.05, 0.1) is 24.7 Å². The van der Waals surface area contributed by atoms with Crippen molar-refractivity contribution in [2.75, 3.05) is 13.2 Å². The van der Waals surface area contributed by atoms with Gasteiger partial charge < -0.3 is 16.2 Å². The summed E-state index contributed by atoms with van der Waals surface area (Å²) in [5.41, 5.74) is 9.22. The number of hydrogen-bond donors (Lipinski definition) is 2. The smallest absolute Gasteiger partial charge is 0.421 e. The van der Waals surface area contributed by atoms with E-state index in [1.165, 1.54) is 13.8 Å². The number of nitrogens with zero attached hydrogens (tertiary/aromatic N) is 1. The summed E-state index contributed by atoms with van der Waals surface area (Å²) in [5, 5.41) is 0.518. The summed E-state index contributed by atoms with van der Waals surface area (Å²) in [6.07, 6.45) is 1.34. The molecule has 0 radical (unpaired) electrons. The molecule has 1 aliphatic carbocycles. The molecule has 3 amide bonds. The van der Waals surface area contributed by atoms with Gasteiger partial charge in [-0.25, -0.2) is 8.98 Å². The Bertz CT molecular complexity index is 656. The summed E-state index contributed by atoms with van der Waals surface area (Å²) in [6.45, 7) is 4.09. The highest BCUT2D eigenvalue weighted by molar-refractivity contribution is 7.81.